The van der Waals surface area contributed by atoms with E-state index < -0.39 is 63.7 Å². The number of nitro groups is 4. The van der Waals surface area contributed by atoms with Crippen molar-refractivity contribution >= 4 is 5.78 Å². The SMILES string of the molecule is O=C(COC(F)(C[N+](=O)[O-])[N+](=O)[O-])COC(F)(C[N+](=O)[O-])[N+](=O)[O-]. The number of nitrogens with zero attached hydrogens (tertiary/aromatic N) is 4. The second-order valence-corrected chi connectivity index (χ2v) is 3.99. The van der Waals surface area contributed by atoms with Gasteiger partial charge in [-0.3, -0.25) is 54.7 Å². The number of hydrogen-bond acceptors (Lipinski definition) is 11. The van der Waals surface area contributed by atoms with Gasteiger partial charge in [0.15, 0.2) is 5.78 Å². The third-order valence-electron chi connectivity index (χ3n) is 2.10. The number of ether oxygens (including phenoxy) is 2. The first kappa shape index (κ1) is 21.0. The Morgan fingerprint density at radius 1 is 0.792 bits per heavy atom. The summed E-state index contributed by atoms with van der Waals surface area (Å²) in [6, 6.07) is 0. The Morgan fingerprint density at radius 3 is 1.29 bits per heavy atom. The van der Waals surface area contributed by atoms with Gasteiger partial charge in [0.1, 0.15) is 13.2 Å². The van der Waals surface area contributed by atoms with Gasteiger partial charge in [0.2, 0.25) is 0 Å². The molecule has 2 unspecified atom stereocenters. The Balaban J connectivity index is 4.73. The molecule has 0 rings (SSSR count). The molecule has 0 heterocycles. The Kier molecular flexibility index (Phi) is 7.07. The maximum Gasteiger partial charge on any atom is 0.542 e. The Bertz CT molecular complexity index is 512. The molecule has 0 saturated carbocycles. The number of ketones is 1. The lowest BCUT2D eigenvalue weighted by Crippen LogP contribution is -2.46. The Labute approximate surface area is 128 Å². The highest BCUT2D eigenvalue weighted by atomic mass is 19.2. The molecule has 0 amide bonds. The largest absolute Gasteiger partial charge is 0.542 e. The summed E-state index contributed by atoms with van der Waals surface area (Å²) in [6.07, 6.45) is 0. The van der Waals surface area contributed by atoms with Gasteiger partial charge >= 0.3 is 25.0 Å². The molecule has 0 aliphatic heterocycles. The molecule has 24 heavy (non-hydrogen) atoms. The molecule has 0 aliphatic rings. The Hall–Kier alpha value is -2.95. The molecule has 0 bridgehead atoms. The van der Waals surface area contributed by atoms with Crippen molar-refractivity contribution in [1.29, 1.82) is 0 Å². The fourth-order valence-corrected chi connectivity index (χ4v) is 1.05. The lowest BCUT2D eigenvalue weighted by atomic mass is 10.4. The van der Waals surface area contributed by atoms with Crippen molar-refractivity contribution in [2.45, 2.75) is 12.0 Å². The van der Waals surface area contributed by atoms with E-state index in [0.717, 1.165) is 0 Å². The fraction of sp³-hybridized carbons (Fsp3) is 0.857. The van der Waals surface area contributed by atoms with E-state index in [1.165, 1.54) is 0 Å². The van der Waals surface area contributed by atoms with Gasteiger partial charge in [-0.1, -0.05) is 0 Å². The smallest absolute Gasteiger partial charge is 0.294 e. The molecule has 0 aliphatic carbocycles. The molecule has 0 fully saturated rings. The predicted octanol–water partition coefficient (Wildman–Crippen LogP) is -1.06. The number of Topliss-reactive ketones (excluding diaryl/α,β-unsaturated/α-hetero) is 1. The summed E-state index contributed by atoms with van der Waals surface area (Å²) in [7, 11) is 0. The van der Waals surface area contributed by atoms with E-state index in [1.54, 1.807) is 0 Å². The zero-order valence-corrected chi connectivity index (χ0v) is 11.4. The minimum absolute atomic E-state index is 1.44. The summed E-state index contributed by atoms with van der Waals surface area (Å²) < 4.78 is 34.6. The van der Waals surface area contributed by atoms with Crippen LogP contribution in [0.15, 0.2) is 0 Å². The standard InChI is InChI=1S/C7H8F2N4O11/c8-6(12(19)20,3-10(15)16)23-1-5(14)2-24-7(9,13(21)22)4-11(17)18/h1-4H2. The third kappa shape index (κ3) is 6.44. The highest BCUT2D eigenvalue weighted by Gasteiger charge is 2.53. The van der Waals surface area contributed by atoms with Crippen molar-refractivity contribution in [2.75, 3.05) is 26.3 Å². The topological polar surface area (TPSA) is 208 Å². The van der Waals surface area contributed by atoms with E-state index in [2.05, 4.69) is 9.47 Å². The Morgan fingerprint density at radius 2 is 1.08 bits per heavy atom. The van der Waals surface area contributed by atoms with Crippen LogP contribution in [0.25, 0.3) is 0 Å². The average Bonchev–Trinajstić information content (AvgIpc) is 2.41. The van der Waals surface area contributed by atoms with Crippen LogP contribution < -0.4 is 0 Å². The summed E-state index contributed by atoms with van der Waals surface area (Å²) in [5.41, 5.74) is 0. The van der Waals surface area contributed by atoms with Crippen LogP contribution in [0, 0.1) is 40.5 Å². The first-order valence-electron chi connectivity index (χ1n) is 5.52. The third-order valence-corrected chi connectivity index (χ3v) is 2.10. The van der Waals surface area contributed by atoms with Gasteiger partial charge in [-0.2, -0.15) is 0 Å². The van der Waals surface area contributed by atoms with E-state index in [9.17, 15) is 54.0 Å². The number of carbonyl (C=O) groups excluding carboxylic acids is 1. The molecule has 136 valence electrons. The molecule has 15 nitrogen and oxygen atoms in total. The fourth-order valence-electron chi connectivity index (χ4n) is 1.05. The summed E-state index contributed by atoms with van der Waals surface area (Å²) in [5, 5.41) is 40.8. The van der Waals surface area contributed by atoms with Gasteiger partial charge < -0.3 is 0 Å². The summed E-state index contributed by atoms with van der Waals surface area (Å²) in [6.45, 7) is -7.01. The van der Waals surface area contributed by atoms with Gasteiger partial charge in [0.25, 0.3) is 0 Å². The molecule has 0 aromatic rings. The second kappa shape index (κ2) is 8.06. The summed E-state index contributed by atoms with van der Waals surface area (Å²) in [4.78, 5) is 45.4. The van der Waals surface area contributed by atoms with E-state index in [4.69, 9.17) is 0 Å². The van der Waals surface area contributed by atoms with Crippen molar-refractivity contribution in [3.63, 3.8) is 0 Å². The minimum atomic E-state index is -4.07. The van der Waals surface area contributed by atoms with Gasteiger partial charge in [-0.05, 0) is 0 Å². The maximum atomic E-state index is 13.5. The van der Waals surface area contributed by atoms with Gasteiger partial charge in [0.05, 0.1) is 9.85 Å². The molecule has 2 atom stereocenters. The number of hydrogen-bond donors (Lipinski definition) is 0. The quantitative estimate of drug-likeness (QED) is 0.177. The molecule has 0 N–H and O–H groups in total. The lowest BCUT2D eigenvalue weighted by molar-refractivity contribution is -0.710. The van der Waals surface area contributed by atoms with E-state index in [-0.39, 0.29) is 0 Å². The van der Waals surface area contributed by atoms with Crippen molar-refractivity contribution in [2.24, 2.45) is 0 Å². The maximum absolute atomic E-state index is 13.5. The second-order valence-electron chi connectivity index (χ2n) is 3.99. The molecular weight excluding hydrogens is 354 g/mol. The van der Waals surface area contributed by atoms with Gasteiger partial charge in [-0.15, -0.1) is 8.78 Å². The zero-order chi connectivity index (χ0) is 19.1. The van der Waals surface area contributed by atoms with Crippen LogP contribution in [0.2, 0.25) is 0 Å². The molecule has 0 saturated heterocycles. The summed E-state index contributed by atoms with van der Waals surface area (Å²) >= 11 is 0. The van der Waals surface area contributed by atoms with Gasteiger partial charge in [0, 0.05) is 9.85 Å². The van der Waals surface area contributed by atoms with Crippen LogP contribution in [0.5, 0.6) is 0 Å². The lowest BCUT2D eigenvalue weighted by Gasteiger charge is -2.14. The summed E-state index contributed by atoms with van der Waals surface area (Å²) in [5.74, 6) is -9.65. The van der Waals surface area contributed by atoms with Crippen LogP contribution in [0.1, 0.15) is 0 Å². The highest BCUT2D eigenvalue weighted by molar-refractivity contribution is 5.80. The minimum Gasteiger partial charge on any atom is -0.294 e. The van der Waals surface area contributed by atoms with Crippen LogP contribution in [-0.2, 0) is 14.3 Å². The molecule has 0 aromatic heterocycles. The van der Waals surface area contributed by atoms with Crippen molar-refractivity contribution in [3.05, 3.63) is 40.5 Å². The molecule has 0 aromatic carbocycles. The highest BCUT2D eigenvalue weighted by Crippen LogP contribution is 2.16. The van der Waals surface area contributed by atoms with Crippen molar-refractivity contribution in [3.8, 4) is 0 Å². The van der Waals surface area contributed by atoms with Crippen LogP contribution in [0.3, 0.4) is 0 Å². The number of alkyl halides is 2. The number of carbonyl (C=O) groups is 1. The number of rotatable bonds is 12. The normalized spacial score (nSPS) is 15.8. The predicted molar refractivity (Wildman–Crippen MR) is 62.3 cm³/mol. The van der Waals surface area contributed by atoms with Crippen LogP contribution in [0.4, 0.5) is 8.78 Å². The monoisotopic (exact) mass is 362 g/mol. The first-order valence-corrected chi connectivity index (χ1v) is 5.52. The van der Waals surface area contributed by atoms with E-state index in [1.807, 2.05) is 0 Å². The molecule has 17 heteroatoms. The van der Waals surface area contributed by atoms with Crippen molar-refractivity contribution in [1.82, 2.24) is 0 Å². The zero-order valence-electron chi connectivity index (χ0n) is 11.4. The van der Waals surface area contributed by atoms with E-state index >= 15 is 0 Å². The molecular formula is C7H8F2N4O11. The first-order chi connectivity index (χ1) is 10.8. The average molecular weight is 362 g/mol. The van der Waals surface area contributed by atoms with E-state index in [0.29, 0.717) is 0 Å². The number of halogens is 2. The molecule has 0 spiro atoms. The van der Waals surface area contributed by atoms with Crippen LogP contribution >= 0.6 is 0 Å². The van der Waals surface area contributed by atoms with Crippen LogP contribution in [-0.4, -0.2) is 63.7 Å². The van der Waals surface area contributed by atoms with Crippen molar-refractivity contribution < 1.29 is 42.7 Å². The van der Waals surface area contributed by atoms with Gasteiger partial charge in [-0.25, -0.2) is 0 Å². The molecule has 0 radical (unpaired) electrons.